The van der Waals surface area contributed by atoms with Gasteiger partial charge in [-0.25, -0.2) is 4.98 Å². The normalized spacial score (nSPS) is 11.8. The molecule has 0 bridgehead atoms. The molecule has 0 aliphatic carbocycles. The highest BCUT2D eigenvalue weighted by atomic mass is 35.5. The van der Waals surface area contributed by atoms with Gasteiger partial charge in [-0.1, -0.05) is 35.9 Å². The van der Waals surface area contributed by atoms with Gasteiger partial charge in [0, 0.05) is 5.02 Å². The van der Waals surface area contributed by atoms with Gasteiger partial charge in [0.1, 0.15) is 12.4 Å². The second-order valence-electron chi connectivity index (χ2n) is 7.65. The molecule has 5 nitrogen and oxygen atoms in total. The van der Waals surface area contributed by atoms with E-state index in [4.69, 9.17) is 30.8 Å². The standard InChI is InChI=1S/C27H27ClN2O3/c1-4-7-20-10-15-25(26(18-20)31-3)32-17-16-30-24-9-6-5-8-23(24)29-27(30)19(2)33-22-13-11-21(28)12-14-22/h4-6,8-15,18-19H,1,7,16-17H2,2-3H3. The fourth-order valence-electron chi connectivity index (χ4n) is 3.78. The predicted octanol–water partition coefficient (Wildman–Crippen LogP) is 6.65. The maximum Gasteiger partial charge on any atom is 0.161 e. The fourth-order valence-corrected chi connectivity index (χ4v) is 3.91. The zero-order valence-electron chi connectivity index (χ0n) is 18.8. The van der Waals surface area contributed by atoms with Crippen molar-refractivity contribution in [3.63, 3.8) is 0 Å². The molecule has 0 aliphatic heterocycles. The van der Waals surface area contributed by atoms with E-state index in [1.807, 2.05) is 73.7 Å². The van der Waals surface area contributed by atoms with Crippen LogP contribution in [0.15, 0.2) is 79.4 Å². The van der Waals surface area contributed by atoms with Crippen LogP contribution < -0.4 is 14.2 Å². The van der Waals surface area contributed by atoms with Gasteiger partial charge in [0.05, 0.1) is 24.7 Å². The highest BCUT2D eigenvalue weighted by Gasteiger charge is 2.18. The van der Waals surface area contributed by atoms with Crippen LogP contribution in [0.4, 0.5) is 0 Å². The Balaban J connectivity index is 1.53. The van der Waals surface area contributed by atoms with Gasteiger partial charge in [-0.05, 0) is 67.4 Å². The molecule has 1 aromatic heterocycles. The Hall–Kier alpha value is -3.44. The molecule has 0 saturated heterocycles. The summed E-state index contributed by atoms with van der Waals surface area (Å²) in [5.41, 5.74) is 3.09. The van der Waals surface area contributed by atoms with Crippen molar-refractivity contribution in [1.29, 1.82) is 0 Å². The van der Waals surface area contributed by atoms with E-state index in [0.29, 0.717) is 29.7 Å². The molecule has 170 valence electrons. The molecule has 1 atom stereocenters. The van der Waals surface area contributed by atoms with Crippen LogP contribution in [-0.2, 0) is 13.0 Å². The molecule has 0 spiro atoms. The zero-order chi connectivity index (χ0) is 23.2. The molecular formula is C27H27ClN2O3. The van der Waals surface area contributed by atoms with E-state index in [2.05, 4.69) is 17.2 Å². The van der Waals surface area contributed by atoms with Crippen LogP contribution in [0.3, 0.4) is 0 Å². The van der Waals surface area contributed by atoms with E-state index < -0.39 is 0 Å². The summed E-state index contributed by atoms with van der Waals surface area (Å²) in [5, 5.41) is 0.673. The van der Waals surface area contributed by atoms with Crippen molar-refractivity contribution in [2.45, 2.75) is 26.0 Å². The van der Waals surface area contributed by atoms with Crippen LogP contribution in [0, 0.1) is 0 Å². The summed E-state index contributed by atoms with van der Waals surface area (Å²) < 4.78 is 19.9. The highest BCUT2D eigenvalue weighted by molar-refractivity contribution is 6.30. The van der Waals surface area contributed by atoms with Crippen molar-refractivity contribution in [2.24, 2.45) is 0 Å². The van der Waals surface area contributed by atoms with Gasteiger partial charge >= 0.3 is 0 Å². The minimum Gasteiger partial charge on any atom is -0.493 e. The highest BCUT2D eigenvalue weighted by Crippen LogP contribution is 2.29. The van der Waals surface area contributed by atoms with Crippen molar-refractivity contribution >= 4 is 22.6 Å². The average molecular weight is 463 g/mol. The summed E-state index contributed by atoms with van der Waals surface area (Å²) in [6.45, 7) is 6.86. The molecule has 0 amide bonds. The Labute approximate surface area is 199 Å². The lowest BCUT2D eigenvalue weighted by Gasteiger charge is -2.17. The minimum atomic E-state index is -0.258. The molecule has 0 N–H and O–H groups in total. The molecule has 0 aliphatic rings. The molecule has 4 rings (SSSR count). The Bertz CT molecular complexity index is 1230. The first-order valence-electron chi connectivity index (χ1n) is 10.9. The molecular weight excluding hydrogens is 436 g/mol. The Morgan fingerprint density at radius 2 is 1.85 bits per heavy atom. The lowest BCUT2D eigenvalue weighted by atomic mass is 10.1. The monoisotopic (exact) mass is 462 g/mol. The summed E-state index contributed by atoms with van der Waals surface area (Å²) in [5.74, 6) is 3.00. The largest absolute Gasteiger partial charge is 0.493 e. The number of hydrogen-bond acceptors (Lipinski definition) is 4. The van der Waals surface area contributed by atoms with Crippen molar-refractivity contribution < 1.29 is 14.2 Å². The number of aromatic nitrogens is 2. The number of methoxy groups -OCH3 is 1. The number of benzene rings is 3. The number of halogens is 1. The number of allylic oxidation sites excluding steroid dienone is 1. The zero-order valence-corrected chi connectivity index (χ0v) is 19.6. The van der Waals surface area contributed by atoms with E-state index in [1.54, 1.807) is 7.11 Å². The fraction of sp³-hybridized carbons (Fsp3) is 0.222. The first-order valence-corrected chi connectivity index (χ1v) is 11.2. The van der Waals surface area contributed by atoms with Crippen LogP contribution in [-0.4, -0.2) is 23.3 Å². The second kappa shape index (κ2) is 10.5. The van der Waals surface area contributed by atoms with Crippen molar-refractivity contribution in [3.8, 4) is 17.2 Å². The second-order valence-corrected chi connectivity index (χ2v) is 8.09. The topological polar surface area (TPSA) is 45.5 Å². The van der Waals surface area contributed by atoms with Gasteiger partial charge in [-0.2, -0.15) is 0 Å². The van der Waals surface area contributed by atoms with Crippen LogP contribution in [0.5, 0.6) is 17.2 Å². The maximum atomic E-state index is 6.15. The van der Waals surface area contributed by atoms with Gasteiger partial charge in [0.2, 0.25) is 0 Å². The van der Waals surface area contributed by atoms with Gasteiger partial charge < -0.3 is 18.8 Å². The van der Waals surface area contributed by atoms with E-state index >= 15 is 0 Å². The third kappa shape index (κ3) is 5.32. The van der Waals surface area contributed by atoms with E-state index in [1.165, 1.54) is 0 Å². The molecule has 4 aromatic rings. The smallest absolute Gasteiger partial charge is 0.161 e. The lowest BCUT2D eigenvalue weighted by Crippen LogP contribution is -2.16. The Morgan fingerprint density at radius 3 is 2.61 bits per heavy atom. The van der Waals surface area contributed by atoms with E-state index in [0.717, 1.165) is 34.6 Å². The van der Waals surface area contributed by atoms with E-state index in [-0.39, 0.29) is 6.10 Å². The molecule has 1 unspecified atom stereocenters. The Kier molecular flexibility index (Phi) is 7.20. The van der Waals surface area contributed by atoms with Crippen molar-refractivity contribution in [2.75, 3.05) is 13.7 Å². The minimum absolute atomic E-state index is 0.258. The summed E-state index contributed by atoms with van der Waals surface area (Å²) >= 11 is 6.00. The predicted molar refractivity (Wildman–Crippen MR) is 133 cm³/mol. The first kappa shape index (κ1) is 22.7. The van der Waals surface area contributed by atoms with Gasteiger partial charge in [0.25, 0.3) is 0 Å². The van der Waals surface area contributed by atoms with Crippen molar-refractivity contribution in [3.05, 3.63) is 95.8 Å². The summed E-state index contributed by atoms with van der Waals surface area (Å²) in [6.07, 6.45) is 2.40. The molecule has 1 heterocycles. The summed E-state index contributed by atoms with van der Waals surface area (Å²) in [6, 6.07) is 21.4. The molecule has 0 saturated carbocycles. The number of para-hydroxylation sites is 2. The van der Waals surface area contributed by atoms with Gasteiger partial charge in [-0.3, -0.25) is 0 Å². The third-order valence-electron chi connectivity index (χ3n) is 5.35. The number of ether oxygens (including phenoxy) is 3. The molecule has 0 radical (unpaired) electrons. The summed E-state index contributed by atoms with van der Waals surface area (Å²) in [7, 11) is 1.65. The molecule has 3 aromatic carbocycles. The number of hydrogen-bond donors (Lipinski definition) is 0. The van der Waals surface area contributed by atoms with Crippen LogP contribution >= 0.6 is 11.6 Å². The number of rotatable bonds is 10. The van der Waals surface area contributed by atoms with E-state index in [9.17, 15) is 0 Å². The molecule has 6 heteroatoms. The number of nitrogens with zero attached hydrogens (tertiary/aromatic N) is 2. The summed E-state index contributed by atoms with van der Waals surface area (Å²) in [4.78, 5) is 4.84. The number of fused-ring (bicyclic) bond motifs is 1. The SMILES string of the molecule is C=CCc1ccc(OCCn2c(C(C)Oc3ccc(Cl)cc3)nc3ccccc32)c(OC)c1. The van der Waals surface area contributed by atoms with Gasteiger partial charge in [0.15, 0.2) is 23.4 Å². The molecule has 33 heavy (non-hydrogen) atoms. The first-order chi connectivity index (χ1) is 16.1. The number of imidazole rings is 1. The van der Waals surface area contributed by atoms with Crippen LogP contribution in [0.25, 0.3) is 11.0 Å². The third-order valence-corrected chi connectivity index (χ3v) is 5.61. The van der Waals surface area contributed by atoms with Gasteiger partial charge in [-0.15, -0.1) is 6.58 Å². The quantitative estimate of drug-likeness (QED) is 0.248. The van der Waals surface area contributed by atoms with Crippen LogP contribution in [0.2, 0.25) is 5.02 Å². The average Bonchev–Trinajstić information content (AvgIpc) is 3.20. The van der Waals surface area contributed by atoms with Crippen LogP contribution in [0.1, 0.15) is 24.4 Å². The lowest BCUT2D eigenvalue weighted by molar-refractivity contribution is 0.207. The molecule has 0 fully saturated rings. The Morgan fingerprint density at radius 1 is 1.06 bits per heavy atom. The van der Waals surface area contributed by atoms with Crippen molar-refractivity contribution in [1.82, 2.24) is 9.55 Å². The maximum absolute atomic E-state index is 6.15.